The van der Waals surface area contributed by atoms with Gasteiger partial charge in [0, 0.05) is 16.6 Å². The van der Waals surface area contributed by atoms with Gasteiger partial charge >= 0.3 is 0 Å². The van der Waals surface area contributed by atoms with Gasteiger partial charge in [-0.05, 0) is 26.0 Å². The van der Waals surface area contributed by atoms with Gasteiger partial charge in [0.2, 0.25) is 5.91 Å². The summed E-state index contributed by atoms with van der Waals surface area (Å²) in [7, 11) is 0. The van der Waals surface area contributed by atoms with Crippen LogP contribution in [-0.4, -0.2) is 19.1 Å². The summed E-state index contributed by atoms with van der Waals surface area (Å²) in [6.45, 7) is 4.42. The number of hydrogen-bond acceptors (Lipinski definition) is 2. The Morgan fingerprint density at radius 1 is 1.53 bits per heavy atom. The quantitative estimate of drug-likeness (QED) is 0.848. The summed E-state index contributed by atoms with van der Waals surface area (Å²) in [4.78, 5) is 11.5. The lowest BCUT2D eigenvalue weighted by molar-refractivity contribution is -0.117. The minimum atomic E-state index is -0.413. The lowest BCUT2D eigenvalue weighted by atomic mass is 10.2. The number of nitrogens with one attached hydrogen (secondary N) is 1. The van der Waals surface area contributed by atoms with Gasteiger partial charge in [-0.3, -0.25) is 4.79 Å². The number of ether oxygens (including phenoxy) is 1. The largest absolute Gasteiger partial charge is 0.381 e. The number of carbonyl (C=O) groups excluding carboxylic acids is 1. The zero-order valence-corrected chi connectivity index (χ0v) is 11.4. The van der Waals surface area contributed by atoms with Crippen molar-refractivity contribution in [3.63, 3.8) is 0 Å². The van der Waals surface area contributed by atoms with E-state index in [1.165, 1.54) is 6.07 Å². The average Bonchev–Trinajstić information content (AvgIpc) is 2.30. The van der Waals surface area contributed by atoms with Crippen LogP contribution in [-0.2, 0) is 9.53 Å². The molecule has 0 saturated carbocycles. The molecule has 0 aromatic heterocycles. The van der Waals surface area contributed by atoms with Crippen molar-refractivity contribution in [2.45, 2.75) is 20.3 Å². The topological polar surface area (TPSA) is 38.3 Å². The van der Waals surface area contributed by atoms with Crippen LogP contribution in [0.3, 0.4) is 0 Å². The van der Waals surface area contributed by atoms with Gasteiger partial charge in [0.15, 0.2) is 5.82 Å². The molecular formula is C12H15BrFNO2. The molecule has 0 aliphatic rings. The van der Waals surface area contributed by atoms with E-state index in [-0.39, 0.29) is 18.0 Å². The van der Waals surface area contributed by atoms with E-state index in [1.807, 2.05) is 6.92 Å². The number of amides is 1. The van der Waals surface area contributed by atoms with Crippen molar-refractivity contribution >= 4 is 27.5 Å². The van der Waals surface area contributed by atoms with Crippen LogP contribution in [0.15, 0.2) is 16.6 Å². The maximum absolute atomic E-state index is 13.7. The first-order valence-electron chi connectivity index (χ1n) is 5.38. The molecule has 1 aromatic rings. The minimum absolute atomic E-state index is 0.201. The van der Waals surface area contributed by atoms with Crippen molar-refractivity contribution in [2.24, 2.45) is 0 Å². The van der Waals surface area contributed by atoms with E-state index >= 15 is 0 Å². The van der Waals surface area contributed by atoms with Crippen LogP contribution < -0.4 is 5.32 Å². The zero-order chi connectivity index (χ0) is 12.8. The van der Waals surface area contributed by atoms with E-state index in [1.54, 1.807) is 13.0 Å². The van der Waals surface area contributed by atoms with Crippen molar-refractivity contribution in [1.82, 2.24) is 0 Å². The van der Waals surface area contributed by atoms with Crippen molar-refractivity contribution in [2.75, 3.05) is 18.5 Å². The predicted octanol–water partition coefficient (Wildman–Crippen LogP) is 3.26. The van der Waals surface area contributed by atoms with Gasteiger partial charge in [-0.25, -0.2) is 4.39 Å². The third kappa shape index (κ3) is 4.09. The minimum Gasteiger partial charge on any atom is -0.381 e. The van der Waals surface area contributed by atoms with Crippen LogP contribution in [0.25, 0.3) is 0 Å². The number of hydrogen-bond donors (Lipinski definition) is 1. The highest BCUT2D eigenvalue weighted by Crippen LogP contribution is 2.25. The fraction of sp³-hybridized carbons (Fsp3) is 0.417. The second kappa shape index (κ2) is 6.71. The molecule has 0 bridgehead atoms. The second-order valence-corrected chi connectivity index (χ2v) is 4.38. The van der Waals surface area contributed by atoms with Crippen molar-refractivity contribution in [1.29, 1.82) is 0 Å². The van der Waals surface area contributed by atoms with Crippen LogP contribution in [0.5, 0.6) is 0 Å². The molecule has 0 fully saturated rings. The molecule has 1 rings (SSSR count). The molecular weight excluding hydrogens is 289 g/mol. The standard InChI is InChI=1S/C12H15BrFNO2/c1-3-17-7-6-11(16)15-10-5-4-9(13)8(2)12(10)14/h4-5H,3,6-7H2,1-2H3,(H,15,16). The van der Waals surface area contributed by atoms with Crippen LogP contribution >= 0.6 is 15.9 Å². The Bertz CT molecular complexity index is 410. The zero-order valence-electron chi connectivity index (χ0n) is 9.85. The van der Waals surface area contributed by atoms with Crippen LogP contribution in [0.2, 0.25) is 0 Å². The Balaban J connectivity index is 2.63. The Morgan fingerprint density at radius 3 is 2.88 bits per heavy atom. The first kappa shape index (κ1) is 14.1. The fourth-order valence-electron chi connectivity index (χ4n) is 1.28. The maximum Gasteiger partial charge on any atom is 0.226 e. The monoisotopic (exact) mass is 303 g/mol. The summed E-state index contributed by atoms with van der Waals surface area (Å²) < 4.78 is 19.5. The van der Waals surface area contributed by atoms with Gasteiger partial charge < -0.3 is 10.1 Å². The lowest BCUT2D eigenvalue weighted by Gasteiger charge is -2.09. The Labute approximate surface area is 108 Å². The lowest BCUT2D eigenvalue weighted by Crippen LogP contribution is -2.15. The third-order valence-electron chi connectivity index (χ3n) is 2.27. The second-order valence-electron chi connectivity index (χ2n) is 3.53. The SMILES string of the molecule is CCOCCC(=O)Nc1ccc(Br)c(C)c1F. The Morgan fingerprint density at radius 2 is 2.24 bits per heavy atom. The molecule has 0 aliphatic heterocycles. The van der Waals surface area contributed by atoms with E-state index in [0.29, 0.717) is 23.2 Å². The Kier molecular flexibility index (Phi) is 5.58. The fourth-order valence-corrected chi connectivity index (χ4v) is 1.59. The average molecular weight is 304 g/mol. The highest BCUT2D eigenvalue weighted by molar-refractivity contribution is 9.10. The molecule has 94 valence electrons. The normalized spacial score (nSPS) is 10.4. The molecule has 0 radical (unpaired) electrons. The van der Waals surface area contributed by atoms with Crippen molar-refractivity contribution < 1.29 is 13.9 Å². The molecule has 1 aromatic carbocycles. The summed E-state index contributed by atoms with van der Waals surface area (Å²) in [5, 5.41) is 2.52. The molecule has 0 aliphatic carbocycles. The summed E-state index contributed by atoms with van der Waals surface area (Å²) in [5.74, 6) is -0.664. The van der Waals surface area contributed by atoms with E-state index < -0.39 is 5.82 Å². The van der Waals surface area contributed by atoms with E-state index in [9.17, 15) is 9.18 Å². The molecule has 0 atom stereocenters. The number of halogens is 2. The maximum atomic E-state index is 13.7. The van der Waals surface area contributed by atoms with E-state index in [2.05, 4.69) is 21.2 Å². The summed E-state index contributed by atoms with van der Waals surface area (Å²) >= 11 is 3.22. The molecule has 5 heteroatoms. The summed E-state index contributed by atoms with van der Waals surface area (Å²) in [6, 6.07) is 3.24. The molecule has 0 saturated heterocycles. The molecule has 1 N–H and O–H groups in total. The van der Waals surface area contributed by atoms with Crippen molar-refractivity contribution in [3.05, 3.63) is 28.0 Å². The van der Waals surface area contributed by atoms with E-state index in [0.717, 1.165) is 0 Å². The van der Waals surface area contributed by atoms with E-state index in [4.69, 9.17) is 4.74 Å². The Hall–Kier alpha value is -0.940. The van der Waals surface area contributed by atoms with Gasteiger partial charge in [-0.2, -0.15) is 0 Å². The summed E-state index contributed by atoms with van der Waals surface area (Å²) in [6.07, 6.45) is 0.225. The van der Waals surface area contributed by atoms with Crippen LogP contribution in [0.1, 0.15) is 18.9 Å². The van der Waals surface area contributed by atoms with Gasteiger partial charge in [-0.15, -0.1) is 0 Å². The number of anilines is 1. The molecule has 3 nitrogen and oxygen atoms in total. The highest BCUT2D eigenvalue weighted by atomic mass is 79.9. The first-order valence-corrected chi connectivity index (χ1v) is 6.17. The van der Waals surface area contributed by atoms with Gasteiger partial charge in [-0.1, -0.05) is 15.9 Å². The number of carbonyl (C=O) groups is 1. The molecule has 0 spiro atoms. The predicted molar refractivity (Wildman–Crippen MR) is 68.6 cm³/mol. The molecule has 0 unspecified atom stereocenters. The molecule has 1 amide bonds. The van der Waals surface area contributed by atoms with Crippen LogP contribution in [0.4, 0.5) is 10.1 Å². The van der Waals surface area contributed by atoms with Gasteiger partial charge in [0.05, 0.1) is 18.7 Å². The van der Waals surface area contributed by atoms with Gasteiger partial charge in [0.1, 0.15) is 0 Å². The van der Waals surface area contributed by atoms with Crippen molar-refractivity contribution in [3.8, 4) is 0 Å². The number of rotatable bonds is 5. The van der Waals surface area contributed by atoms with Crippen LogP contribution in [0, 0.1) is 12.7 Å². The smallest absolute Gasteiger partial charge is 0.226 e. The molecule has 0 heterocycles. The van der Waals surface area contributed by atoms with Gasteiger partial charge in [0.25, 0.3) is 0 Å². The first-order chi connectivity index (χ1) is 8.06. The third-order valence-corrected chi connectivity index (χ3v) is 3.13. The molecule has 17 heavy (non-hydrogen) atoms. The number of benzene rings is 1. The highest BCUT2D eigenvalue weighted by Gasteiger charge is 2.10. The summed E-state index contributed by atoms with van der Waals surface area (Å²) in [5.41, 5.74) is 0.680.